The van der Waals surface area contributed by atoms with Crippen molar-refractivity contribution in [1.82, 2.24) is 4.98 Å². The number of pyridine rings is 1. The minimum atomic E-state index is 0.375. The molecule has 4 nitrogen and oxygen atoms in total. The van der Waals surface area contributed by atoms with Crippen LogP contribution in [-0.2, 0) is 9.53 Å². The zero-order valence-corrected chi connectivity index (χ0v) is 12.0. The molecule has 18 heavy (non-hydrogen) atoms. The molecule has 0 N–H and O–H groups in total. The summed E-state index contributed by atoms with van der Waals surface area (Å²) >= 11 is 3.47. The third kappa shape index (κ3) is 3.70. The number of nitrogens with zero attached hydrogens (tertiary/aromatic N) is 1. The maximum Gasteiger partial charge on any atom is 0.292 e. The molecule has 0 saturated carbocycles. The minimum Gasteiger partial charge on any atom is -0.497 e. The van der Waals surface area contributed by atoms with E-state index >= 15 is 0 Å². The van der Waals surface area contributed by atoms with E-state index in [9.17, 15) is 0 Å². The fourth-order valence-electron chi connectivity index (χ4n) is 1.41. The van der Waals surface area contributed by atoms with E-state index in [4.69, 9.17) is 9.53 Å². The van der Waals surface area contributed by atoms with E-state index in [-0.39, 0.29) is 0 Å². The molecule has 1 aromatic carbocycles. The third-order valence-corrected chi connectivity index (χ3v) is 2.78. The number of rotatable bonds is 2. The van der Waals surface area contributed by atoms with E-state index in [1.54, 1.807) is 7.11 Å². The molecular weight excluding hydrogens is 298 g/mol. The van der Waals surface area contributed by atoms with Crippen LogP contribution in [0.3, 0.4) is 0 Å². The van der Waals surface area contributed by atoms with Gasteiger partial charge in [0, 0.05) is 16.1 Å². The van der Waals surface area contributed by atoms with E-state index in [1.165, 1.54) is 7.11 Å². The van der Waals surface area contributed by atoms with Crippen LogP contribution in [0.15, 0.2) is 28.9 Å². The van der Waals surface area contributed by atoms with Crippen molar-refractivity contribution in [2.24, 2.45) is 0 Å². The Hall–Kier alpha value is -1.62. The lowest BCUT2D eigenvalue weighted by atomic mass is 10.2. The first-order chi connectivity index (χ1) is 8.62. The van der Waals surface area contributed by atoms with Crippen LogP contribution in [0.4, 0.5) is 0 Å². The van der Waals surface area contributed by atoms with Gasteiger partial charge in [0.25, 0.3) is 6.47 Å². The van der Waals surface area contributed by atoms with E-state index in [0.29, 0.717) is 6.47 Å². The minimum absolute atomic E-state index is 0.375. The van der Waals surface area contributed by atoms with Crippen LogP contribution >= 0.6 is 15.9 Å². The quantitative estimate of drug-likeness (QED) is 0.800. The summed E-state index contributed by atoms with van der Waals surface area (Å²) in [6.45, 7) is 2.40. The molecule has 0 saturated heterocycles. The van der Waals surface area contributed by atoms with E-state index in [0.717, 1.165) is 26.7 Å². The summed E-state index contributed by atoms with van der Waals surface area (Å²) in [5.41, 5.74) is 2.12. The van der Waals surface area contributed by atoms with Crippen molar-refractivity contribution in [2.75, 3.05) is 14.2 Å². The molecule has 0 amide bonds. The van der Waals surface area contributed by atoms with Gasteiger partial charge in [-0.15, -0.1) is 0 Å². The number of fused-ring (bicyclic) bond motifs is 1. The highest BCUT2D eigenvalue weighted by molar-refractivity contribution is 9.10. The van der Waals surface area contributed by atoms with Gasteiger partial charge < -0.3 is 9.47 Å². The average Bonchev–Trinajstić information content (AvgIpc) is 2.38. The normalized spacial score (nSPS) is 9.33. The molecule has 0 bridgehead atoms. The number of methoxy groups -OCH3 is 2. The summed E-state index contributed by atoms with van der Waals surface area (Å²) in [6, 6.07) is 6.00. The van der Waals surface area contributed by atoms with Gasteiger partial charge in [-0.25, -0.2) is 0 Å². The molecule has 2 aromatic rings. The fourth-order valence-corrected chi connectivity index (χ4v) is 1.96. The highest BCUT2D eigenvalue weighted by Gasteiger charge is 2.03. The Labute approximate surface area is 114 Å². The Kier molecular flexibility index (Phi) is 5.58. The standard InChI is InChI=1S/C11H10BrNO.C2H4O2/c1-7-3-8-4-9(14-2)5-10(12)11(8)13-6-7;1-4-2-3/h3-6H,1-2H3;2H,1H3. The molecule has 0 aliphatic carbocycles. The lowest BCUT2D eigenvalue weighted by molar-refractivity contribution is -0.126. The van der Waals surface area contributed by atoms with Crippen LogP contribution in [0.5, 0.6) is 5.75 Å². The number of aromatic nitrogens is 1. The number of halogens is 1. The zero-order chi connectivity index (χ0) is 13.5. The largest absolute Gasteiger partial charge is 0.497 e. The maximum atomic E-state index is 8.95. The molecule has 1 heterocycles. The van der Waals surface area contributed by atoms with Crippen molar-refractivity contribution < 1.29 is 14.3 Å². The van der Waals surface area contributed by atoms with Crippen LogP contribution < -0.4 is 4.74 Å². The van der Waals surface area contributed by atoms with Crippen molar-refractivity contribution in [2.45, 2.75) is 6.92 Å². The Balaban J connectivity index is 0.000000357. The zero-order valence-electron chi connectivity index (χ0n) is 10.4. The van der Waals surface area contributed by atoms with Crippen LogP contribution in [0.2, 0.25) is 0 Å². The summed E-state index contributed by atoms with van der Waals surface area (Å²) in [4.78, 5) is 13.3. The molecule has 0 atom stereocenters. The van der Waals surface area contributed by atoms with E-state index in [2.05, 4.69) is 31.7 Å². The number of benzene rings is 1. The van der Waals surface area contributed by atoms with Gasteiger partial charge in [-0.3, -0.25) is 9.78 Å². The molecule has 1 aromatic heterocycles. The summed E-state index contributed by atoms with van der Waals surface area (Å²) in [7, 11) is 2.98. The lowest BCUT2D eigenvalue weighted by Gasteiger charge is -2.04. The van der Waals surface area contributed by atoms with Gasteiger partial charge in [0.2, 0.25) is 0 Å². The first-order valence-corrected chi connectivity index (χ1v) is 5.98. The first-order valence-electron chi connectivity index (χ1n) is 5.18. The van der Waals surface area contributed by atoms with Crippen LogP contribution in [0, 0.1) is 6.92 Å². The van der Waals surface area contributed by atoms with Gasteiger partial charge in [0.15, 0.2) is 0 Å². The van der Waals surface area contributed by atoms with Crippen molar-refractivity contribution in [3.63, 3.8) is 0 Å². The molecule has 0 fully saturated rings. The van der Waals surface area contributed by atoms with Crippen molar-refractivity contribution in [1.29, 1.82) is 0 Å². The third-order valence-electron chi connectivity index (χ3n) is 2.18. The van der Waals surface area contributed by atoms with Gasteiger partial charge in [-0.1, -0.05) is 0 Å². The van der Waals surface area contributed by atoms with Gasteiger partial charge in [0.05, 0.1) is 19.7 Å². The Bertz CT molecular complexity index is 543. The molecule has 2 rings (SSSR count). The Morgan fingerprint density at radius 3 is 2.50 bits per heavy atom. The average molecular weight is 312 g/mol. The molecule has 0 spiro atoms. The van der Waals surface area contributed by atoms with Crippen molar-refractivity contribution in [3.8, 4) is 5.75 Å². The van der Waals surface area contributed by atoms with E-state index in [1.807, 2.05) is 25.3 Å². The second kappa shape index (κ2) is 6.96. The summed E-state index contributed by atoms with van der Waals surface area (Å²) in [5.74, 6) is 0.844. The topological polar surface area (TPSA) is 48.4 Å². The van der Waals surface area contributed by atoms with Crippen molar-refractivity contribution >= 4 is 33.3 Å². The van der Waals surface area contributed by atoms with E-state index < -0.39 is 0 Å². The summed E-state index contributed by atoms with van der Waals surface area (Å²) < 4.78 is 10.0. The first kappa shape index (κ1) is 14.4. The smallest absolute Gasteiger partial charge is 0.292 e. The molecule has 96 valence electrons. The second-order valence-electron chi connectivity index (χ2n) is 3.53. The number of carbonyl (C=O) groups is 1. The number of hydrogen-bond acceptors (Lipinski definition) is 4. The highest BCUT2D eigenvalue weighted by Crippen LogP contribution is 2.28. The SMILES string of the molecule is COC=O.COc1cc(Br)c2ncc(C)cc2c1. The number of aryl methyl sites for hydroxylation is 1. The maximum absolute atomic E-state index is 8.95. The van der Waals surface area contributed by atoms with Gasteiger partial charge in [-0.2, -0.15) is 0 Å². The van der Waals surface area contributed by atoms with Gasteiger partial charge >= 0.3 is 0 Å². The molecule has 0 aliphatic heterocycles. The number of ether oxygens (including phenoxy) is 2. The molecule has 0 unspecified atom stereocenters. The molecule has 0 radical (unpaired) electrons. The fraction of sp³-hybridized carbons (Fsp3) is 0.231. The Morgan fingerprint density at radius 1 is 1.28 bits per heavy atom. The predicted molar refractivity (Wildman–Crippen MR) is 73.8 cm³/mol. The lowest BCUT2D eigenvalue weighted by Crippen LogP contribution is -1.86. The van der Waals surface area contributed by atoms with Crippen molar-refractivity contribution in [3.05, 3.63) is 34.4 Å². The van der Waals surface area contributed by atoms with Crippen LogP contribution in [0.1, 0.15) is 5.56 Å². The second-order valence-corrected chi connectivity index (χ2v) is 4.38. The predicted octanol–water partition coefficient (Wildman–Crippen LogP) is 3.10. The monoisotopic (exact) mass is 311 g/mol. The van der Waals surface area contributed by atoms with Crippen LogP contribution in [0.25, 0.3) is 10.9 Å². The summed E-state index contributed by atoms with van der Waals surface area (Å²) in [5, 5.41) is 1.09. The highest BCUT2D eigenvalue weighted by atomic mass is 79.9. The molecule has 0 aliphatic rings. The van der Waals surface area contributed by atoms with Crippen LogP contribution in [-0.4, -0.2) is 25.7 Å². The number of hydrogen-bond donors (Lipinski definition) is 0. The Morgan fingerprint density at radius 2 is 1.94 bits per heavy atom. The number of carbonyl (C=O) groups excluding carboxylic acids is 1. The molecule has 5 heteroatoms. The van der Waals surface area contributed by atoms with Gasteiger partial charge in [-0.05, 0) is 46.6 Å². The van der Waals surface area contributed by atoms with Gasteiger partial charge in [0.1, 0.15) is 5.75 Å². The molecular formula is C13H14BrNO3. The summed E-state index contributed by atoms with van der Waals surface area (Å²) in [6.07, 6.45) is 1.86.